The van der Waals surface area contributed by atoms with Crippen LogP contribution in [0.3, 0.4) is 0 Å². The third-order valence-corrected chi connectivity index (χ3v) is 2.84. The van der Waals surface area contributed by atoms with Gasteiger partial charge in [-0.25, -0.2) is 0 Å². The number of hydrogen-bond donors (Lipinski definition) is 1. The summed E-state index contributed by atoms with van der Waals surface area (Å²) in [4.78, 5) is 22.6. The summed E-state index contributed by atoms with van der Waals surface area (Å²) in [6.07, 6.45) is -0.159. The van der Waals surface area contributed by atoms with Gasteiger partial charge in [0, 0.05) is 6.42 Å². The number of aliphatic carboxylic acids is 1. The molecule has 1 aromatic carbocycles. The second kappa shape index (κ2) is 6.92. The number of carboxylic acids is 1. The fraction of sp³-hybridized carbons (Fsp3) is 0.467. The molecule has 0 atom stereocenters. The van der Waals surface area contributed by atoms with E-state index in [0.29, 0.717) is 23.8 Å². The summed E-state index contributed by atoms with van der Waals surface area (Å²) >= 11 is 0. The Morgan fingerprint density at radius 1 is 1.26 bits per heavy atom. The van der Waals surface area contributed by atoms with E-state index in [0.717, 1.165) is 5.56 Å². The van der Waals surface area contributed by atoms with Gasteiger partial charge in [0.1, 0.15) is 5.75 Å². The van der Waals surface area contributed by atoms with Crippen molar-refractivity contribution < 1.29 is 19.4 Å². The Hall–Kier alpha value is -1.84. The minimum absolute atomic E-state index is 0.00302. The molecule has 0 aliphatic rings. The van der Waals surface area contributed by atoms with Crippen LogP contribution in [-0.2, 0) is 4.79 Å². The van der Waals surface area contributed by atoms with E-state index >= 15 is 0 Å². The van der Waals surface area contributed by atoms with Gasteiger partial charge in [-0.3, -0.25) is 9.59 Å². The molecule has 0 unspecified atom stereocenters. The van der Waals surface area contributed by atoms with E-state index in [9.17, 15) is 9.59 Å². The monoisotopic (exact) mass is 264 g/mol. The number of carbonyl (C=O) groups is 2. The van der Waals surface area contributed by atoms with E-state index in [1.54, 1.807) is 12.1 Å². The van der Waals surface area contributed by atoms with Gasteiger partial charge in [-0.15, -0.1) is 0 Å². The van der Waals surface area contributed by atoms with Crippen LogP contribution in [0.2, 0.25) is 0 Å². The first-order chi connectivity index (χ1) is 8.95. The molecule has 104 valence electrons. The Kier molecular flexibility index (Phi) is 5.55. The van der Waals surface area contributed by atoms with Crippen molar-refractivity contribution in [3.63, 3.8) is 0 Å². The van der Waals surface area contributed by atoms with Crippen LogP contribution in [0.25, 0.3) is 0 Å². The summed E-state index contributed by atoms with van der Waals surface area (Å²) in [7, 11) is 0. The van der Waals surface area contributed by atoms with Crippen LogP contribution in [0.15, 0.2) is 18.2 Å². The highest BCUT2D eigenvalue weighted by atomic mass is 16.5. The number of carbonyl (C=O) groups excluding carboxylic acids is 1. The lowest BCUT2D eigenvalue weighted by molar-refractivity contribution is -0.136. The quantitative estimate of drug-likeness (QED) is 0.768. The van der Waals surface area contributed by atoms with Crippen molar-refractivity contribution in [1.82, 2.24) is 0 Å². The molecule has 0 saturated heterocycles. The van der Waals surface area contributed by atoms with Gasteiger partial charge >= 0.3 is 5.97 Å². The van der Waals surface area contributed by atoms with Crippen LogP contribution in [-0.4, -0.2) is 23.5 Å². The molecule has 0 amide bonds. The summed E-state index contributed by atoms with van der Waals surface area (Å²) in [5, 5.41) is 8.64. The smallest absolute Gasteiger partial charge is 0.303 e. The van der Waals surface area contributed by atoms with E-state index in [4.69, 9.17) is 9.84 Å². The summed E-state index contributed by atoms with van der Waals surface area (Å²) < 4.78 is 5.43. The minimum Gasteiger partial charge on any atom is -0.493 e. The van der Waals surface area contributed by atoms with Gasteiger partial charge in [-0.1, -0.05) is 19.9 Å². The zero-order valence-electron chi connectivity index (χ0n) is 11.6. The molecule has 1 N–H and O–H groups in total. The number of hydrogen-bond acceptors (Lipinski definition) is 3. The van der Waals surface area contributed by atoms with Crippen LogP contribution in [0, 0.1) is 0 Å². The lowest BCUT2D eigenvalue weighted by Gasteiger charge is -2.13. The number of rotatable bonds is 7. The zero-order valence-corrected chi connectivity index (χ0v) is 11.6. The molecule has 4 heteroatoms. The van der Waals surface area contributed by atoms with Crippen molar-refractivity contribution in [2.75, 3.05) is 6.61 Å². The van der Waals surface area contributed by atoms with Crippen LogP contribution >= 0.6 is 0 Å². The van der Waals surface area contributed by atoms with Gasteiger partial charge in [0.25, 0.3) is 0 Å². The Morgan fingerprint density at radius 3 is 2.47 bits per heavy atom. The average Bonchev–Trinajstić information content (AvgIpc) is 2.36. The minimum atomic E-state index is -0.966. The Morgan fingerprint density at radius 2 is 1.95 bits per heavy atom. The lowest BCUT2D eigenvalue weighted by Crippen LogP contribution is -2.07. The molecule has 0 aromatic heterocycles. The van der Waals surface area contributed by atoms with E-state index in [2.05, 4.69) is 0 Å². The fourth-order valence-corrected chi connectivity index (χ4v) is 1.76. The molecule has 0 aliphatic heterocycles. The summed E-state index contributed by atoms with van der Waals surface area (Å²) in [6.45, 7) is 6.41. The Bertz CT molecular complexity index is 463. The summed E-state index contributed by atoms with van der Waals surface area (Å²) in [6, 6.07) is 5.52. The topological polar surface area (TPSA) is 63.6 Å². The highest BCUT2D eigenvalue weighted by molar-refractivity contribution is 6.00. The SMILES string of the molecule is CCOc1ccc(C(C)C)cc1C(=O)CCC(=O)O. The van der Waals surface area contributed by atoms with Crippen molar-refractivity contribution in [3.05, 3.63) is 29.3 Å². The molecule has 0 spiro atoms. The first-order valence-electron chi connectivity index (χ1n) is 6.47. The predicted molar refractivity (Wildman–Crippen MR) is 72.9 cm³/mol. The van der Waals surface area contributed by atoms with Gasteiger partial charge in [-0.2, -0.15) is 0 Å². The van der Waals surface area contributed by atoms with Gasteiger partial charge in [0.05, 0.1) is 18.6 Å². The number of Topliss-reactive ketones (excluding diaryl/α,β-unsaturated/α-hetero) is 1. The average molecular weight is 264 g/mol. The van der Waals surface area contributed by atoms with Crippen LogP contribution in [0.4, 0.5) is 0 Å². The summed E-state index contributed by atoms with van der Waals surface area (Å²) in [5.74, 6) is -0.316. The molecular weight excluding hydrogens is 244 g/mol. The highest BCUT2D eigenvalue weighted by Crippen LogP contribution is 2.26. The van der Waals surface area contributed by atoms with E-state index < -0.39 is 5.97 Å². The number of ketones is 1. The predicted octanol–water partition coefficient (Wildman–Crippen LogP) is 3.26. The zero-order chi connectivity index (χ0) is 14.4. The molecule has 0 fully saturated rings. The molecule has 4 nitrogen and oxygen atoms in total. The van der Waals surface area contributed by atoms with Gasteiger partial charge in [0.15, 0.2) is 5.78 Å². The highest BCUT2D eigenvalue weighted by Gasteiger charge is 2.15. The lowest BCUT2D eigenvalue weighted by atomic mass is 9.97. The van der Waals surface area contributed by atoms with Crippen molar-refractivity contribution in [2.24, 2.45) is 0 Å². The second-order valence-electron chi connectivity index (χ2n) is 4.66. The van der Waals surface area contributed by atoms with Crippen LogP contribution < -0.4 is 4.74 Å². The first-order valence-corrected chi connectivity index (χ1v) is 6.47. The van der Waals surface area contributed by atoms with Crippen LogP contribution in [0.1, 0.15) is 55.5 Å². The maximum absolute atomic E-state index is 12.1. The maximum atomic E-state index is 12.1. The van der Waals surface area contributed by atoms with E-state index in [-0.39, 0.29) is 18.6 Å². The molecule has 0 aliphatic carbocycles. The van der Waals surface area contributed by atoms with Crippen molar-refractivity contribution in [2.45, 2.75) is 39.5 Å². The fourth-order valence-electron chi connectivity index (χ4n) is 1.76. The molecule has 19 heavy (non-hydrogen) atoms. The third-order valence-electron chi connectivity index (χ3n) is 2.84. The Labute approximate surface area is 113 Å². The van der Waals surface area contributed by atoms with Crippen molar-refractivity contribution >= 4 is 11.8 Å². The van der Waals surface area contributed by atoms with E-state index in [1.807, 2.05) is 26.8 Å². The molecule has 0 radical (unpaired) electrons. The molecule has 1 aromatic rings. The molecule has 0 saturated carbocycles. The number of ether oxygens (including phenoxy) is 1. The largest absolute Gasteiger partial charge is 0.493 e. The van der Waals surface area contributed by atoms with Crippen LogP contribution in [0.5, 0.6) is 5.75 Å². The standard InChI is InChI=1S/C15H20O4/c1-4-19-14-7-5-11(10(2)3)9-12(14)13(16)6-8-15(17)18/h5,7,9-10H,4,6,8H2,1-3H3,(H,17,18). The number of benzene rings is 1. The van der Waals surface area contributed by atoms with Gasteiger partial charge in [-0.05, 0) is 30.5 Å². The first kappa shape index (κ1) is 15.2. The van der Waals surface area contributed by atoms with Gasteiger partial charge < -0.3 is 9.84 Å². The second-order valence-corrected chi connectivity index (χ2v) is 4.66. The number of carboxylic acid groups (broad SMARTS) is 1. The summed E-state index contributed by atoms with van der Waals surface area (Å²) in [5.41, 5.74) is 1.52. The van der Waals surface area contributed by atoms with Gasteiger partial charge in [0.2, 0.25) is 0 Å². The van der Waals surface area contributed by atoms with Crippen molar-refractivity contribution in [1.29, 1.82) is 0 Å². The molecule has 1 rings (SSSR count). The normalized spacial score (nSPS) is 10.5. The molecule has 0 bridgehead atoms. The molecular formula is C15H20O4. The van der Waals surface area contributed by atoms with Crippen molar-refractivity contribution in [3.8, 4) is 5.75 Å². The maximum Gasteiger partial charge on any atom is 0.303 e. The molecule has 0 heterocycles. The Balaban J connectivity index is 3.02. The third kappa shape index (κ3) is 4.39. The van der Waals surface area contributed by atoms with E-state index in [1.165, 1.54) is 0 Å².